The van der Waals surface area contributed by atoms with E-state index in [1.165, 1.54) is 0 Å². The molecule has 5 heteroatoms. The number of halogens is 1. The minimum absolute atomic E-state index is 0.0311. The Kier molecular flexibility index (Phi) is 7.02. The molecular formula is C15H22BrNO3. The highest BCUT2D eigenvalue weighted by molar-refractivity contribution is 9.10. The van der Waals surface area contributed by atoms with Crippen molar-refractivity contribution in [3.05, 3.63) is 28.2 Å². The molecule has 0 aromatic heterocycles. The number of amides is 1. The van der Waals surface area contributed by atoms with Crippen molar-refractivity contribution in [1.29, 1.82) is 0 Å². The van der Waals surface area contributed by atoms with Gasteiger partial charge in [0.25, 0.3) is 0 Å². The van der Waals surface area contributed by atoms with Crippen LogP contribution in [-0.2, 0) is 11.2 Å². The van der Waals surface area contributed by atoms with E-state index in [-0.39, 0.29) is 17.9 Å². The van der Waals surface area contributed by atoms with Crippen LogP contribution in [0.4, 0.5) is 0 Å². The lowest BCUT2D eigenvalue weighted by atomic mass is 10.0. The van der Waals surface area contributed by atoms with Crippen molar-refractivity contribution in [2.24, 2.45) is 5.92 Å². The van der Waals surface area contributed by atoms with Crippen LogP contribution in [0.3, 0.4) is 0 Å². The predicted octanol–water partition coefficient (Wildman–Crippen LogP) is 2.52. The topological polar surface area (TPSA) is 58.6 Å². The first-order chi connectivity index (χ1) is 9.42. The minimum atomic E-state index is -0.338. The van der Waals surface area contributed by atoms with Crippen LogP contribution >= 0.6 is 15.9 Å². The molecular weight excluding hydrogens is 322 g/mol. The van der Waals surface area contributed by atoms with Gasteiger partial charge in [-0.3, -0.25) is 4.79 Å². The summed E-state index contributed by atoms with van der Waals surface area (Å²) < 4.78 is 6.05. The Labute approximate surface area is 128 Å². The number of aliphatic hydroxyl groups is 1. The molecule has 1 amide bonds. The van der Waals surface area contributed by atoms with E-state index in [9.17, 15) is 9.90 Å². The summed E-state index contributed by atoms with van der Waals surface area (Å²) in [5, 5.41) is 12.2. The molecule has 4 nitrogen and oxygen atoms in total. The lowest BCUT2D eigenvalue weighted by Gasteiger charge is -2.14. The van der Waals surface area contributed by atoms with Crippen LogP contribution in [0.2, 0.25) is 0 Å². The highest BCUT2D eigenvalue weighted by Crippen LogP contribution is 2.22. The first kappa shape index (κ1) is 17.0. The van der Waals surface area contributed by atoms with Gasteiger partial charge in [0.2, 0.25) is 5.91 Å². The number of rotatable bonds is 7. The van der Waals surface area contributed by atoms with Crippen molar-refractivity contribution in [3.8, 4) is 5.75 Å². The number of aliphatic hydroxyl groups excluding tert-OH is 1. The minimum Gasteiger partial charge on any atom is -0.497 e. The second-order valence-corrected chi connectivity index (χ2v) is 5.98. The summed E-state index contributed by atoms with van der Waals surface area (Å²) in [6.45, 7) is 4.34. The van der Waals surface area contributed by atoms with Crippen molar-refractivity contribution in [2.75, 3.05) is 13.7 Å². The van der Waals surface area contributed by atoms with E-state index in [1.54, 1.807) is 14.0 Å². The molecule has 2 atom stereocenters. The number of hydrogen-bond donors (Lipinski definition) is 2. The zero-order valence-electron chi connectivity index (χ0n) is 12.1. The molecule has 0 aliphatic heterocycles. The van der Waals surface area contributed by atoms with Gasteiger partial charge in [0.05, 0.1) is 19.6 Å². The first-order valence-corrected chi connectivity index (χ1v) is 7.48. The van der Waals surface area contributed by atoms with Crippen LogP contribution in [0.5, 0.6) is 5.75 Å². The Bertz CT molecular complexity index is 449. The summed E-state index contributed by atoms with van der Waals surface area (Å²) in [6, 6.07) is 5.57. The Hall–Kier alpha value is -1.07. The molecule has 112 valence electrons. The van der Waals surface area contributed by atoms with Crippen molar-refractivity contribution in [1.82, 2.24) is 5.32 Å². The molecule has 0 saturated carbocycles. The van der Waals surface area contributed by atoms with E-state index < -0.39 is 0 Å². The Morgan fingerprint density at radius 2 is 2.15 bits per heavy atom. The third-order valence-corrected chi connectivity index (χ3v) is 3.77. The van der Waals surface area contributed by atoms with E-state index in [4.69, 9.17) is 4.74 Å². The van der Waals surface area contributed by atoms with Crippen molar-refractivity contribution in [3.63, 3.8) is 0 Å². The molecule has 0 heterocycles. The van der Waals surface area contributed by atoms with Gasteiger partial charge in [-0.2, -0.15) is 0 Å². The van der Waals surface area contributed by atoms with E-state index in [1.807, 2.05) is 25.1 Å². The van der Waals surface area contributed by atoms with Gasteiger partial charge in [0, 0.05) is 11.0 Å². The number of methoxy groups -OCH3 is 1. The van der Waals surface area contributed by atoms with Gasteiger partial charge in [-0.25, -0.2) is 0 Å². The van der Waals surface area contributed by atoms with E-state index in [0.29, 0.717) is 19.4 Å². The quantitative estimate of drug-likeness (QED) is 0.799. The van der Waals surface area contributed by atoms with Crippen molar-refractivity contribution < 1.29 is 14.6 Å². The van der Waals surface area contributed by atoms with Gasteiger partial charge in [0.1, 0.15) is 5.75 Å². The molecule has 0 bridgehead atoms. The Balaban J connectivity index is 2.50. The van der Waals surface area contributed by atoms with Crippen LogP contribution in [-0.4, -0.2) is 30.8 Å². The fourth-order valence-electron chi connectivity index (χ4n) is 2.00. The van der Waals surface area contributed by atoms with Gasteiger partial charge < -0.3 is 15.2 Å². The summed E-state index contributed by atoms with van der Waals surface area (Å²) >= 11 is 3.43. The van der Waals surface area contributed by atoms with Gasteiger partial charge in [0.15, 0.2) is 0 Å². The van der Waals surface area contributed by atoms with Crippen molar-refractivity contribution in [2.45, 2.75) is 32.8 Å². The second kappa shape index (κ2) is 8.27. The molecule has 1 rings (SSSR count). The fraction of sp³-hybridized carbons (Fsp3) is 0.533. The smallest absolute Gasteiger partial charge is 0.224 e. The first-order valence-electron chi connectivity index (χ1n) is 6.69. The fourth-order valence-corrected chi connectivity index (χ4v) is 2.39. The number of ether oxygens (including phenoxy) is 1. The van der Waals surface area contributed by atoms with Gasteiger partial charge in [-0.1, -0.05) is 22.9 Å². The number of hydrogen-bond acceptors (Lipinski definition) is 3. The normalized spacial score (nSPS) is 13.7. The molecule has 0 saturated heterocycles. The summed E-state index contributed by atoms with van der Waals surface area (Å²) in [5.41, 5.74) is 0.894. The van der Waals surface area contributed by atoms with E-state index in [2.05, 4.69) is 21.2 Å². The van der Waals surface area contributed by atoms with Crippen molar-refractivity contribution >= 4 is 21.8 Å². The van der Waals surface area contributed by atoms with E-state index in [0.717, 1.165) is 15.8 Å². The summed E-state index contributed by atoms with van der Waals surface area (Å²) in [4.78, 5) is 11.9. The molecule has 0 aliphatic rings. The second-order valence-electron chi connectivity index (χ2n) is 5.13. The third-order valence-electron chi connectivity index (χ3n) is 3.00. The molecule has 2 N–H and O–H groups in total. The molecule has 0 aliphatic carbocycles. The zero-order valence-corrected chi connectivity index (χ0v) is 13.7. The van der Waals surface area contributed by atoms with Crippen LogP contribution in [0.1, 0.15) is 25.8 Å². The Morgan fingerprint density at radius 3 is 2.75 bits per heavy atom. The number of carbonyl (C=O) groups excluding carboxylic acids is 1. The lowest BCUT2D eigenvalue weighted by Crippen LogP contribution is -2.30. The maximum absolute atomic E-state index is 11.9. The monoisotopic (exact) mass is 343 g/mol. The summed E-state index contributed by atoms with van der Waals surface area (Å²) in [7, 11) is 1.60. The third kappa shape index (κ3) is 5.92. The van der Waals surface area contributed by atoms with Crippen LogP contribution in [0.15, 0.2) is 22.7 Å². The molecule has 1 aromatic carbocycles. The zero-order chi connectivity index (χ0) is 15.1. The molecule has 20 heavy (non-hydrogen) atoms. The standard InChI is InChI=1S/C15H22BrNO3/c1-10(6-11(2)18)9-17-15(19)8-12-7-13(20-3)4-5-14(12)16/h4-5,7,10-11,18H,6,8-9H2,1-3H3,(H,17,19). The largest absolute Gasteiger partial charge is 0.497 e. The molecule has 0 fully saturated rings. The molecule has 0 radical (unpaired) electrons. The van der Waals surface area contributed by atoms with Crippen LogP contribution < -0.4 is 10.1 Å². The Morgan fingerprint density at radius 1 is 1.45 bits per heavy atom. The van der Waals surface area contributed by atoms with Crippen LogP contribution in [0.25, 0.3) is 0 Å². The highest BCUT2D eigenvalue weighted by atomic mass is 79.9. The summed E-state index contributed by atoms with van der Waals surface area (Å²) in [6.07, 6.45) is 0.650. The summed E-state index contributed by atoms with van der Waals surface area (Å²) in [5.74, 6) is 0.961. The lowest BCUT2D eigenvalue weighted by molar-refractivity contribution is -0.120. The van der Waals surface area contributed by atoms with Gasteiger partial charge in [-0.05, 0) is 43.0 Å². The number of benzene rings is 1. The average Bonchev–Trinajstić information content (AvgIpc) is 2.38. The predicted molar refractivity (Wildman–Crippen MR) is 82.9 cm³/mol. The maximum atomic E-state index is 11.9. The highest BCUT2D eigenvalue weighted by Gasteiger charge is 2.11. The molecule has 2 unspecified atom stereocenters. The van der Waals surface area contributed by atoms with Gasteiger partial charge in [-0.15, -0.1) is 0 Å². The number of carbonyl (C=O) groups is 1. The maximum Gasteiger partial charge on any atom is 0.224 e. The van der Waals surface area contributed by atoms with Gasteiger partial charge >= 0.3 is 0 Å². The van der Waals surface area contributed by atoms with Crippen LogP contribution in [0, 0.1) is 5.92 Å². The molecule has 0 spiro atoms. The average molecular weight is 344 g/mol. The number of nitrogens with one attached hydrogen (secondary N) is 1. The molecule has 1 aromatic rings. The SMILES string of the molecule is COc1ccc(Br)c(CC(=O)NCC(C)CC(C)O)c1. The van der Waals surface area contributed by atoms with E-state index >= 15 is 0 Å².